The molecule has 122 valence electrons. The van der Waals surface area contributed by atoms with Gasteiger partial charge in [-0.1, -0.05) is 19.8 Å². The van der Waals surface area contributed by atoms with E-state index in [9.17, 15) is 19.2 Å². The van der Waals surface area contributed by atoms with Gasteiger partial charge >= 0.3 is 17.8 Å². The number of hydrogen-bond donors (Lipinski definition) is 1. The Balaban J connectivity index is 1.98. The van der Waals surface area contributed by atoms with E-state index >= 15 is 0 Å². The van der Waals surface area contributed by atoms with Crippen LogP contribution in [-0.4, -0.2) is 52.2 Å². The summed E-state index contributed by atoms with van der Waals surface area (Å²) in [5.41, 5.74) is 0. The van der Waals surface area contributed by atoms with Crippen molar-refractivity contribution in [3.8, 4) is 0 Å². The molecule has 7 nitrogen and oxygen atoms in total. The van der Waals surface area contributed by atoms with E-state index in [0.29, 0.717) is 5.92 Å². The zero-order valence-corrected chi connectivity index (χ0v) is 13.3. The minimum Gasteiger partial charge on any atom is -0.352 e. The van der Waals surface area contributed by atoms with E-state index in [2.05, 4.69) is 12.2 Å². The van der Waals surface area contributed by atoms with Crippen LogP contribution in [-0.2, 0) is 14.4 Å². The predicted octanol–water partition coefficient (Wildman–Crippen LogP) is 0.881. The molecule has 22 heavy (non-hydrogen) atoms. The molecule has 0 aromatic rings. The quantitative estimate of drug-likeness (QED) is 0.617. The second-order valence-electron chi connectivity index (χ2n) is 6.38. The minimum atomic E-state index is -0.925. The monoisotopic (exact) mass is 309 g/mol. The summed E-state index contributed by atoms with van der Waals surface area (Å²) < 4.78 is 0. The van der Waals surface area contributed by atoms with Crippen LogP contribution < -0.4 is 5.32 Å². The van der Waals surface area contributed by atoms with Crippen LogP contribution in [0.4, 0.5) is 4.79 Å². The highest BCUT2D eigenvalue weighted by molar-refractivity contribution is 6.45. The molecule has 2 fully saturated rings. The maximum Gasteiger partial charge on any atom is 0.334 e. The van der Waals surface area contributed by atoms with E-state index in [1.807, 2.05) is 0 Å². The number of nitrogens with zero attached hydrogens (tertiary/aromatic N) is 2. The fraction of sp³-hybridized carbons (Fsp3) is 0.733. The van der Waals surface area contributed by atoms with E-state index < -0.39 is 30.4 Å². The van der Waals surface area contributed by atoms with Gasteiger partial charge in [-0.2, -0.15) is 0 Å². The molecule has 2 rings (SSSR count). The molecule has 0 spiro atoms. The van der Waals surface area contributed by atoms with Gasteiger partial charge in [0, 0.05) is 12.1 Å². The lowest BCUT2D eigenvalue weighted by atomic mass is 9.86. The lowest BCUT2D eigenvalue weighted by Gasteiger charge is -2.29. The summed E-state index contributed by atoms with van der Waals surface area (Å²) in [6.45, 7) is 4.99. The first kappa shape index (κ1) is 16.5. The average molecular weight is 309 g/mol. The molecule has 1 heterocycles. The van der Waals surface area contributed by atoms with Crippen LogP contribution in [0.1, 0.15) is 46.5 Å². The Bertz CT molecular complexity index is 503. The first-order valence-electron chi connectivity index (χ1n) is 7.81. The van der Waals surface area contributed by atoms with Crippen molar-refractivity contribution in [1.29, 1.82) is 0 Å². The van der Waals surface area contributed by atoms with Crippen molar-refractivity contribution in [2.24, 2.45) is 5.92 Å². The number of amides is 5. The number of hydrogen-bond acceptors (Lipinski definition) is 4. The zero-order valence-electron chi connectivity index (χ0n) is 13.3. The largest absolute Gasteiger partial charge is 0.352 e. The lowest BCUT2D eigenvalue weighted by molar-refractivity contribution is -0.144. The Morgan fingerprint density at radius 2 is 1.82 bits per heavy atom. The molecule has 0 aromatic heterocycles. The lowest BCUT2D eigenvalue weighted by Crippen LogP contribution is -2.47. The van der Waals surface area contributed by atoms with Gasteiger partial charge in [-0.05, 0) is 32.6 Å². The molecule has 5 amide bonds. The third kappa shape index (κ3) is 3.13. The molecule has 1 saturated carbocycles. The van der Waals surface area contributed by atoms with E-state index in [0.717, 1.165) is 35.5 Å². The normalized spacial score (nSPS) is 26.1. The van der Waals surface area contributed by atoms with Gasteiger partial charge in [0.1, 0.15) is 6.54 Å². The standard InChI is InChI=1S/C15H23N3O4/c1-9(2)18-14(21)13(20)17(15(18)22)8-12(19)16-11-7-5-4-6-10(11)3/h9-11H,4-8H2,1-3H3,(H,16,19). The smallest absolute Gasteiger partial charge is 0.334 e. The van der Waals surface area contributed by atoms with Crippen LogP contribution >= 0.6 is 0 Å². The number of carbonyl (C=O) groups is 4. The molecule has 2 atom stereocenters. The van der Waals surface area contributed by atoms with Crippen LogP contribution in [0.3, 0.4) is 0 Å². The fourth-order valence-corrected chi connectivity index (χ4v) is 3.04. The molecule has 2 aliphatic rings. The predicted molar refractivity (Wildman–Crippen MR) is 78.7 cm³/mol. The highest BCUT2D eigenvalue weighted by atomic mass is 16.2. The Kier molecular flexibility index (Phi) is 4.83. The topological polar surface area (TPSA) is 86.8 Å². The number of nitrogens with one attached hydrogen (secondary N) is 1. The second kappa shape index (κ2) is 6.46. The van der Waals surface area contributed by atoms with Crippen LogP contribution in [0, 0.1) is 5.92 Å². The molecule has 0 bridgehead atoms. The summed E-state index contributed by atoms with van der Waals surface area (Å²) in [6, 6.07) is -1.04. The molecule has 7 heteroatoms. The van der Waals surface area contributed by atoms with Crippen molar-refractivity contribution in [3.05, 3.63) is 0 Å². The number of imide groups is 2. The summed E-state index contributed by atoms with van der Waals surface area (Å²) in [4.78, 5) is 49.4. The van der Waals surface area contributed by atoms with Crippen molar-refractivity contribution in [1.82, 2.24) is 15.1 Å². The molecule has 1 aliphatic heterocycles. The van der Waals surface area contributed by atoms with E-state index in [4.69, 9.17) is 0 Å². The highest BCUT2D eigenvalue weighted by Gasteiger charge is 2.46. The maximum absolute atomic E-state index is 12.1. The molecule has 1 aliphatic carbocycles. The Morgan fingerprint density at radius 3 is 2.36 bits per heavy atom. The van der Waals surface area contributed by atoms with Gasteiger partial charge in [-0.3, -0.25) is 19.3 Å². The Morgan fingerprint density at radius 1 is 1.18 bits per heavy atom. The molecular weight excluding hydrogens is 286 g/mol. The summed E-state index contributed by atoms with van der Waals surface area (Å²) >= 11 is 0. The van der Waals surface area contributed by atoms with Crippen molar-refractivity contribution in [2.45, 2.75) is 58.5 Å². The molecular formula is C15H23N3O4. The summed E-state index contributed by atoms with van der Waals surface area (Å²) in [5, 5.41) is 2.88. The Labute approximate surface area is 130 Å². The maximum atomic E-state index is 12.1. The number of carbonyl (C=O) groups excluding carboxylic acids is 4. The van der Waals surface area contributed by atoms with Gasteiger partial charge in [-0.25, -0.2) is 9.69 Å². The van der Waals surface area contributed by atoms with E-state index in [-0.39, 0.29) is 11.9 Å². The van der Waals surface area contributed by atoms with Crippen molar-refractivity contribution in [2.75, 3.05) is 6.54 Å². The van der Waals surface area contributed by atoms with Gasteiger partial charge in [0.15, 0.2) is 0 Å². The summed E-state index contributed by atoms with van der Waals surface area (Å²) in [6.07, 6.45) is 4.20. The van der Waals surface area contributed by atoms with Crippen LogP contribution in [0.2, 0.25) is 0 Å². The third-order valence-corrected chi connectivity index (χ3v) is 4.36. The van der Waals surface area contributed by atoms with E-state index in [1.165, 1.54) is 0 Å². The van der Waals surface area contributed by atoms with Gasteiger partial charge < -0.3 is 5.32 Å². The molecule has 1 N–H and O–H groups in total. The molecule has 0 radical (unpaired) electrons. The number of urea groups is 1. The SMILES string of the molecule is CC1CCCCC1NC(=O)CN1C(=O)C(=O)N(C(C)C)C1=O. The van der Waals surface area contributed by atoms with Gasteiger partial charge in [0.05, 0.1) is 0 Å². The van der Waals surface area contributed by atoms with E-state index in [1.54, 1.807) is 13.8 Å². The van der Waals surface area contributed by atoms with Gasteiger partial charge in [-0.15, -0.1) is 0 Å². The third-order valence-electron chi connectivity index (χ3n) is 4.36. The molecule has 1 saturated heterocycles. The van der Waals surface area contributed by atoms with Gasteiger partial charge in [0.25, 0.3) is 0 Å². The van der Waals surface area contributed by atoms with Crippen LogP contribution in [0.25, 0.3) is 0 Å². The summed E-state index contributed by atoms with van der Waals surface area (Å²) in [5.74, 6) is -1.79. The van der Waals surface area contributed by atoms with Crippen LogP contribution in [0.5, 0.6) is 0 Å². The number of rotatable bonds is 4. The van der Waals surface area contributed by atoms with Crippen molar-refractivity contribution < 1.29 is 19.2 Å². The van der Waals surface area contributed by atoms with Crippen molar-refractivity contribution >= 4 is 23.8 Å². The van der Waals surface area contributed by atoms with Crippen LogP contribution in [0.15, 0.2) is 0 Å². The van der Waals surface area contributed by atoms with Crippen molar-refractivity contribution in [3.63, 3.8) is 0 Å². The van der Waals surface area contributed by atoms with Gasteiger partial charge in [0.2, 0.25) is 5.91 Å². The first-order chi connectivity index (χ1) is 10.3. The molecule has 2 unspecified atom stereocenters. The first-order valence-corrected chi connectivity index (χ1v) is 7.81. The molecule has 0 aromatic carbocycles. The fourth-order valence-electron chi connectivity index (χ4n) is 3.04. The average Bonchev–Trinajstić information content (AvgIpc) is 2.65. The zero-order chi connectivity index (χ0) is 16.4. The highest BCUT2D eigenvalue weighted by Crippen LogP contribution is 2.23. The summed E-state index contributed by atoms with van der Waals surface area (Å²) in [7, 11) is 0. The minimum absolute atomic E-state index is 0.0750. The Hall–Kier alpha value is -1.92. The second-order valence-corrected chi connectivity index (χ2v) is 6.38.